The number of aromatic amines is 1. The predicted octanol–water partition coefficient (Wildman–Crippen LogP) is 4.08. The van der Waals surface area contributed by atoms with Gasteiger partial charge in [0.2, 0.25) is 5.95 Å². The number of nitrogens with one attached hydrogen (secondary N) is 2. The number of fused-ring (bicyclic) bond motifs is 1. The van der Waals surface area contributed by atoms with Gasteiger partial charge in [0.1, 0.15) is 29.5 Å². The van der Waals surface area contributed by atoms with E-state index in [-0.39, 0.29) is 6.09 Å². The molecule has 11 nitrogen and oxygen atoms in total. The summed E-state index contributed by atoms with van der Waals surface area (Å²) < 4.78 is 5.50. The van der Waals surface area contributed by atoms with Crippen molar-refractivity contribution in [1.82, 2.24) is 34.7 Å². The van der Waals surface area contributed by atoms with Crippen LogP contribution < -0.4 is 5.32 Å². The molecule has 0 unspecified atom stereocenters. The number of nitriles is 1. The fourth-order valence-electron chi connectivity index (χ4n) is 4.25. The number of nitrogens with zero attached hydrogens (tertiary/aromatic N) is 7. The van der Waals surface area contributed by atoms with Gasteiger partial charge in [0.15, 0.2) is 0 Å². The molecule has 1 aromatic carbocycles. The highest BCUT2D eigenvalue weighted by molar-refractivity contribution is 5.83. The molecule has 4 aromatic rings. The van der Waals surface area contributed by atoms with Gasteiger partial charge in [-0.05, 0) is 39.0 Å². The number of carbonyl (C=O) groups excluding carboxylic acids is 1. The Morgan fingerprint density at radius 3 is 2.71 bits per heavy atom. The zero-order valence-electron chi connectivity index (χ0n) is 21.6. The number of ether oxygens (including phenoxy) is 1. The first-order chi connectivity index (χ1) is 18.3. The summed E-state index contributed by atoms with van der Waals surface area (Å²) in [5.41, 5.74) is 4.00. The number of imidazole rings is 1. The summed E-state index contributed by atoms with van der Waals surface area (Å²) in [6.45, 7) is 9.05. The summed E-state index contributed by atoms with van der Waals surface area (Å²) in [5.74, 6) is 1.29. The van der Waals surface area contributed by atoms with Crippen LogP contribution in [0.1, 0.15) is 32.0 Å². The maximum Gasteiger partial charge on any atom is 0.410 e. The lowest BCUT2D eigenvalue weighted by Crippen LogP contribution is -2.49. The minimum Gasteiger partial charge on any atom is -0.444 e. The lowest BCUT2D eigenvalue weighted by atomic mass is 10.1. The third-order valence-electron chi connectivity index (χ3n) is 6.11. The highest BCUT2D eigenvalue weighted by Gasteiger charge is 2.26. The zero-order chi connectivity index (χ0) is 26.7. The van der Waals surface area contributed by atoms with Gasteiger partial charge in [-0.25, -0.2) is 24.7 Å². The summed E-state index contributed by atoms with van der Waals surface area (Å²) in [6.07, 6.45) is 2.87. The van der Waals surface area contributed by atoms with Crippen LogP contribution in [0.5, 0.6) is 0 Å². The maximum atomic E-state index is 12.4. The number of pyridine rings is 1. The molecule has 0 spiro atoms. The molecule has 1 saturated heterocycles. The van der Waals surface area contributed by atoms with Crippen LogP contribution in [0.3, 0.4) is 0 Å². The van der Waals surface area contributed by atoms with E-state index in [4.69, 9.17) is 10.00 Å². The molecule has 0 saturated carbocycles. The van der Waals surface area contributed by atoms with Crippen molar-refractivity contribution in [2.45, 2.75) is 32.9 Å². The van der Waals surface area contributed by atoms with Gasteiger partial charge in [0.05, 0.1) is 16.7 Å². The van der Waals surface area contributed by atoms with Crippen LogP contribution in [0.25, 0.3) is 22.3 Å². The highest BCUT2D eigenvalue weighted by atomic mass is 16.6. The third kappa shape index (κ3) is 5.87. The van der Waals surface area contributed by atoms with Gasteiger partial charge in [0, 0.05) is 56.1 Å². The number of amides is 1. The van der Waals surface area contributed by atoms with E-state index in [0.29, 0.717) is 37.0 Å². The third-order valence-corrected chi connectivity index (χ3v) is 6.11. The summed E-state index contributed by atoms with van der Waals surface area (Å²) in [6, 6.07) is 13.4. The molecule has 38 heavy (non-hydrogen) atoms. The Kier molecular flexibility index (Phi) is 6.89. The van der Waals surface area contributed by atoms with Crippen molar-refractivity contribution < 1.29 is 9.53 Å². The molecule has 0 radical (unpaired) electrons. The molecule has 0 bridgehead atoms. The average molecular weight is 512 g/mol. The van der Waals surface area contributed by atoms with E-state index in [1.165, 1.54) is 6.33 Å². The van der Waals surface area contributed by atoms with E-state index in [1.807, 2.05) is 57.2 Å². The van der Waals surface area contributed by atoms with Crippen molar-refractivity contribution in [3.63, 3.8) is 0 Å². The zero-order valence-corrected chi connectivity index (χ0v) is 21.6. The molecule has 194 valence electrons. The van der Waals surface area contributed by atoms with Crippen LogP contribution in [0.15, 0.2) is 48.9 Å². The van der Waals surface area contributed by atoms with E-state index in [0.717, 1.165) is 41.1 Å². The Hall–Kier alpha value is -4.56. The molecule has 5 rings (SSSR count). The topological polar surface area (TPSA) is 136 Å². The second-order valence-electron chi connectivity index (χ2n) is 10.1. The molecule has 4 heterocycles. The number of piperazine rings is 1. The number of anilines is 2. The molecular weight excluding hydrogens is 482 g/mol. The van der Waals surface area contributed by atoms with E-state index in [9.17, 15) is 4.79 Å². The van der Waals surface area contributed by atoms with E-state index >= 15 is 0 Å². The lowest BCUT2D eigenvalue weighted by molar-refractivity contribution is 0.0139. The van der Waals surface area contributed by atoms with Crippen LogP contribution in [0, 0.1) is 11.3 Å². The van der Waals surface area contributed by atoms with Gasteiger partial charge < -0.3 is 19.9 Å². The SMILES string of the molecule is CC(C)(C)OC(=O)N1CCN(Cc2cccnc2Nc2nc3ccc(-c4cc(C#N)ncn4)cc3[nH]2)CC1. The van der Waals surface area contributed by atoms with Crippen LogP contribution in [-0.4, -0.2) is 72.6 Å². The second kappa shape index (κ2) is 10.4. The van der Waals surface area contributed by atoms with E-state index < -0.39 is 5.60 Å². The summed E-state index contributed by atoms with van der Waals surface area (Å²) in [7, 11) is 0. The number of aromatic nitrogens is 5. The monoisotopic (exact) mass is 511 g/mol. The largest absolute Gasteiger partial charge is 0.444 e. The fraction of sp³-hybridized carbons (Fsp3) is 0.333. The Labute approximate surface area is 220 Å². The Morgan fingerprint density at radius 2 is 1.95 bits per heavy atom. The minimum absolute atomic E-state index is 0.265. The number of rotatable bonds is 5. The molecule has 0 aliphatic carbocycles. The van der Waals surface area contributed by atoms with Gasteiger partial charge in [-0.3, -0.25) is 4.90 Å². The molecule has 1 fully saturated rings. The Bertz CT molecular complexity index is 1490. The lowest BCUT2D eigenvalue weighted by Gasteiger charge is -2.35. The molecule has 2 N–H and O–H groups in total. The fourth-order valence-corrected chi connectivity index (χ4v) is 4.25. The van der Waals surface area contributed by atoms with Crippen LogP contribution in [0.2, 0.25) is 0 Å². The van der Waals surface area contributed by atoms with E-state index in [1.54, 1.807) is 17.2 Å². The molecule has 1 aliphatic rings. The first-order valence-corrected chi connectivity index (χ1v) is 12.4. The molecule has 11 heteroatoms. The molecule has 0 atom stereocenters. The van der Waals surface area contributed by atoms with Crippen LogP contribution in [-0.2, 0) is 11.3 Å². The van der Waals surface area contributed by atoms with Gasteiger partial charge in [-0.1, -0.05) is 12.1 Å². The Balaban J connectivity index is 1.26. The standard InChI is InChI=1S/C27H29N9O2/c1-27(2,3)38-26(37)36-11-9-35(10-12-36)16-19-5-4-8-29-24(19)34-25-32-21-7-6-18(13-23(21)33-25)22-14-20(15-28)30-17-31-22/h4-8,13-14,17H,9-12,16H2,1-3H3,(H2,29,32,33,34). The van der Waals surface area contributed by atoms with Gasteiger partial charge in [-0.2, -0.15) is 5.26 Å². The molecule has 1 aliphatic heterocycles. The van der Waals surface area contributed by atoms with Crippen molar-refractivity contribution in [2.75, 3.05) is 31.5 Å². The van der Waals surface area contributed by atoms with Crippen molar-refractivity contribution in [1.29, 1.82) is 5.26 Å². The number of carbonyl (C=O) groups is 1. The summed E-state index contributed by atoms with van der Waals surface area (Å²) in [5, 5.41) is 12.5. The first-order valence-electron chi connectivity index (χ1n) is 12.4. The van der Waals surface area contributed by atoms with Crippen molar-refractivity contribution in [2.24, 2.45) is 0 Å². The second-order valence-corrected chi connectivity index (χ2v) is 10.1. The van der Waals surface area contributed by atoms with Crippen LogP contribution >= 0.6 is 0 Å². The van der Waals surface area contributed by atoms with Gasteiger partial charge in [0.25, 0.3) is 0 Å². The van der Waals surface area contributed by atoms with Gasteiger partial charge >= 0.3 is 6.09 Å². The normalized spacial score (nSPS) is 14.3. The van der Waals surface area contributed by atoms with Crippen molar-refractivity contribution in [3.05, 3.63) is 60.2 Å². The summed E-state index contributed by atoms with van der Waals surface area (Å²) in [4.78, 5) is 37.2. The first kappa shape index (κ1) is 25.1. The molecule has 3 aromatic heterocycles. The number of H-pyrrole nitrogens is 1. The van der Waals surface area contributed by atoms with E-state index in [2.05, 4.69) is 35.1 Å². The molecular formula is C27H29N9O2. The van der Waals surface area contributed by atoms with Gasteiger partial charge in [-0.15, -0.1) is 0 Å². The number of benzene rings is 1. The number of hydrogen-bond donors (Lipinski definition) is 2. The van der Waals surface area contributed by atoms with Crippen molar-refractivity contribution >= 4 is 28.9 Å². The highest BCUT2D eigenvalue weighted by Crippen LogP contribution is 2.25. The van der Waals surface area contributed by atoms with Crippen LogP contribution in [0.4, 0.5) is 16.6 Å². The predicted molar refractivity (Wildman–Crippen MR) is 142 cm³/mol. The van der Waals surface area contributed by atoms with Crippen molar-refractivity contribution in [3.8, 4) is 17.3 Å². The minimum atomic E-state index is -0.500. The molecule has 1 amide bonds. The smallest absolute Gasteiger partial charge is 0.410 e. The quantitative estimate of drug-likeness (QED) is 0.406. The Morgan fingerprint density at radius 1 is 1.13 bits per heavy atom. The summed E-state index contributed by atoms with van der Waals surface area (Å²) >= 11 is 0. The average Bonchev–Trinajstić information content (AvgIpc) is 3.31. The number of hydrogen-bond acceptors (Lipinski definition) is 9. The maximum absolute atomic E-state index is 12.4.